The molecule has 9 heteroatoms. The molecule has 1 aliphatic rings. The monoisotopic (exact) mass is 383 g/mol. The molecule has 2 heterocycles. The van der Waals surface area contributed by atoms with Crippen molar-refractivity contribution in [3.8, 4) is 0 Å². The Hall–Kier alpha value is -0.480. The maximum absolute atomic E-state index is 12.6. The van der Waals surface area contributed by atoms with Gasteiger partial charge in [-0.2, -0.15) is 4.31 Å². The number of esters is 1. The summed E-state index contributed by atoms with van der Waals surface area (Å²) in [7, 11) is -2.37. The molecule has 1 unspecified atom stereocenters. The van der Waals surface area contributed by atoms with Crippen LogP contribution < -0.4 is 0 Å². The smallest absolute Gasteiger partial charge is 0.336 e. The van der Waals surface area contributed by atoms with Gasteiger partial charge >= 0.3 is 5.97 Å². The number of sulfonamides is 1. The zero-order chi connectivity index (χ0) is 14.9. The number of methoxy groups -OCH3 is 1. The molecule has 1 saturated heterocycles. The Balaban J connectivity index is 2.26. The van der Waals surface area contributed by atoms with Crippen LogP contribution in [0.3, 0.4) is 0 Å². The normalized spacial score (nSPS) is 20.9. The van der Waals surface area contributed by atoms with Gasteiger partial charge in [0.15, 0.2) is 6.10 Å². The van der Waals surface area contributed by atoms with Gasteiger partial charge in [0.05, 0.1) is 28.9 Å². The Bertz CT molecular complexity index is 612. The Morgan fingerprint density at radius 1 is 1.60 bits per heavy atom. The SMILES string of the molecule is COC(=O)C1CN(S(=O)(=O)c2cc(Br)sc2C)CCO1. The molecule has 0 aromatic carbocycles. The molecule has 1 atom stereocenters. The summed E-state index contributed by atoms with van der Waals surface area (Å²) < 4.78 is 37.0. The molecule has 2 rings (SSSR count). The number of halogens is 1. The number of ether oxygens (including phenoxy) is 2. The highest BCUT2D eigenvalue weighted by atomic mass is 79.9. The molecule has 0 amide bonds. The van der Waals surface area contributed by atoms with Crippen molar-refractivity contribution >= 4 is 43.3 Å². The summed E-state index contributed by atoms with van der Waals surface area (Å²) in [5, 5.41) is 0. The van der Waals surface area contributed by atoms with Crippen LogP contribution in [0.2, 0.25) is 0 Å². The van der Waals surface area contributed by atoms with Gasteiger partial charge in [-0.3, -0.25) is 0 Å². The van der Waals surface area contributed by atoms with E-state index < -0.39 is 22.1 Å². The van der Waals surface area contributed by atoms with Crippen LogP contribution in [0.4, 0.5) is 0 Å². The van der Waals surface area contributed by atoms with Crippen molar-refractivity contribution in [2.75, 3.05) is 26.8 Å². The fraction of sp³-hybridized carbons (Fsp3) is 0.545. The number of nitrogens with zero attached hydrogens (tertiary/aromatic N) is 1. The summed E-state index contributed by atoms with van der Waals surface area (Å²) in [6.45, 7) is 2.12. The predicted molar refractivity (Wildman–Crippen MR) is 77.3 cm³/mol. The summed E-state index contributed by atoms with van der Waals surface area (Å²) in [4.78, 5) is 12.4. The second kappa shape index (κ2) is 6.10. The van der Waals surface area contributed by atoms with Gasteiger partial charge in [0.25, 0.3) is 0 Å². The van der Waals surface area contributed by atoms with Crippen LogP contribution in [0.5, 0.6) is 0 Å². The number of hydrogen-bond donors (Lipinski definition) is 0. The molecule has 112 valence electrons. The lowest BCUT2D eigenvalue weighted by molar-refractivity contribution is -0.157. The van der Waals surface area contributed by atoms with Crippen LogP contribution in [0.1, 0.15) is 4.88 Å². The summed E-state index contributed by atoms with van der Waals surface area (Å²) >= 11 is 4.64. The van der Waals surface area contributed by atoms with Gasteiger partial charge in [0.2, 0.25) is 10.0 Å². The Morgan fingerprint density at radius 3 is 2.85 bits per heavy atom. The topological polar surface area (TPSA) is 72.9 Å². The van der Waals surface area contributed by atoms with Crippen molar-refractivity contribution in [1.29, 1.82) is 0 Å². The third-order valence-electron chi connectivity index (χ3n) is 2.95. The van der Waals surface area contributed by atoms with Crippen molar-refractivity contribution in [1.82, 2.24) is 4.31 Å². The number of morpholine rings is 1. The molecule has 0 aliphatic carbocycles. The van der Waals surface area contributed by atoms with Crippen LogP contribution in [-0.2, 0) is 24.3 Å². The quantitative estimate of drug-likeness (QED) is 0.737. The van der Waals surface area contributed by atoms with E-state index in [0.717, 1.165) is 3.79 Å². The molecule has 6 nitrogen and oxygen atoms in total. The number of hydrogen-bond acceptors (Lipinski definition) is 6. The molecular formula is C11H14BrNO5S2. The third-order valence-corrected chi connectivity index (χ3v) is 6.63. The van der Waals surface area contributed by atoms with Crippen molar-refractivity contribution in [3.63, 3.8) is 0 Å². The van der Waals surface area contributed by atoms with Crippen LogP contribution in [0.15, 0.2) is 14.7 Å². The zero-order valence-electron chi connectivity index (χ0n) is 11.0. The van der Waals surface area contributed by atoms with Gasteiger partial charge in [-0.05, 0) is 28.9 Å². The summed E-state index contributed by atoms with van der Waals surface area (Å²) in [6, 6.07) is 1.58. The van der Waals surface area contributed by atoms with Crippen LogP contribution in [-0.4, -0.2) is 51.6 Å². The zero-order valence-corrected chi connectivity index (χ0v) is 14.2. The summed E-state index contributed by atoms with van der Waals surface area (Å²) in [6.07, 6.45) is -0.870. The van der Waals surface area contributed by atoms with E-state index in [1.165, 1.54) is 22.8 Å². The van der Waals surface area contributed by atoms with Crippen molar-refractivity contribution in [3.05, 3.63) is 14.7 Å². The number of carbonyl (C=O) groups excluding carboxylic acids is 1. The Kier molecular flexibility index (Phi) is 4.85. The molecule has 20 heavy (non-hydrogen) atoms. The van der Waals surface area contributed by atoms with Crippen LogP contribution >= 0.6 is 27.3 Å². The fourth-order valence-corrected chi connectivity index (χ4v) is 5.75. The van der Waals surface area contributed by atoms with Gasteiger partial charge in [-0.25, -0.2) is 13.2 Å². The number of rotatable bonds is 3. The van der Waals surface area contributed by atoms with E-state index in [-0.39, 0.29) is 24.6 Å². The maximum Gasteiger partial charge on any atom is 0.336 e. The number of aryl methyl sites for hydroxylation is 1. The lowest BCUT2D eigenvalue weighted by Crippen LogP contribution is -2.48. The van der Waals surface area contributed by atoms with Gasteiger partial charge in [-0.15, -0.1) is 11.3 Å². The molecule has 1 aromatic heterocycles. The average molecular weight is 384 g/mol. The minimum atomic E-state index is -3.62. The molecule has 0 spiro atoms. The molecule has 1 fully saturated rings. The van der Waals surface area contributed by atoms with Crippen LogP contribution in [0.25, 0.3) is 0 Å². The van der Waals surface area contributed by atoms with Gasteiger partial charge in [-0.1, -0.05) is 0 Å². The second-order valence-corrected chi connectivity index (χ2v) is 8.76. The average Bonchev–Trinajstić information content (AvgIpc) is 2.77. The van der Waals surface area contributed by atoms with Crippen molar-refractivity contribution in [2.45, 2.75) is 17.9 Å². The van der Waals surface area contributed by atoms with E-state index in [4.69, 9.17) is 4.74 Å². The highest BCUT2D eigenvalue weighted by Crippen LogP contribution is 2.32. The summed E-state index contributed by atoms with van der Waals surface area (Å²) in [5.74, 6) is -0.562. The fourth-order valence-electron chi connectivity index (χ4n) is 1.94. The lowest BCUT2D eigenvalue weighted by Gasteiger charge is -2.30. The first-order valence-electron chi connectivity index (χ1n) is 5.81. The van der Waals surface area contributed by atoms with E-state index in [0.29, 0.717) is 4.88 Å². The lowest BCUT2D eigenvalue weighted by atomic mass is 10.3. The molecule has 1 aromatic rings. The van der Waals surface area contributed by atoms with Crippen molar-refractivity contribution in [2.24, 2.45) is 0 Å². The largest absolute Gasteiger partial charge is 0.467 e. The van der Waals surface area contributed by atoms with Gasteiger partial charge < -0.3 is 9.47 Å². The Morgan fingerprint density at radius 2 is 2.30 bits per heavy atom. The van der Waals surface area contributed by atoms with Gasteiger partial charge in [0.1, 0.15) is 0 Å². The molecule has 0 N–H and O–H groups in total. The molecule has 0 saturated carbocycles. The highest BCUT2D eigenvalue weighted by Gasteiger charge is 2.35. The van der Waals surface area contributed by atoms with E-state index >= 15 is 0 Å². The predicted octanol–water partition coefficient (Wildman–Crippen LogP) is 1.38. The maximum atomic E-state index is 12.6. The minimum Gasteiger partial charge on any atom is -0.467 e. The number of carbonyl (C=O) groups is 1. The van der Waals surface area contributed by atoms with E-state index in [1.807, 2.05) is 0 Å². The van der Waals surface area contributed by atoms with E-state index in [9.17, 15) is 13.2 Å². The second-order valence-electron chi connectivity index (χ2n) is 4.22. The molecular weight excluding hydrogens is 370 g/mol. The first-order chi connectivity index (χ1) is 9.36. The highest BCUT2D eigenvalue weighted by molar-refractivity contribution is 9.11. The van der Waals surface area contributed by atoms with Crippen LogP contribution in [0, 0.1) is 6.92 Å². The third kappa shape index (κ3) is 3.06. The first kappa shape index (κ1) is 15.9. The standard InChI is InChI=1S/C11H14BrNO5S2/c1-7-9(5-10(12)19-7)20(15,16)13-3-4-18-8(6-13)11(14)17-2/h5,8H,3-4,6H2,1-2H3. The van der Waals surface area contributed by atoms with Gasteiger partial charge in [0, 0.05) is 11.4 Å². The molecule has 1 aliphatic heterocycles. The Labute approximate surface area is 129 Å². The van der Waals surface area contributed by atoms with E-state index in [2.05, 4.69) is 20.7 Å². The first-order valence-corrected chi connectivity index (χ1v) is 8.86. The minimum absolute atomic E-state index is 0.0259. The number of thiophene rings is 1. The molecule has 0 radical (unpaired) electrons. The van der Waals surface area contributed by atoms with E-state index in [1.54, 1.807) is 13.0 Å². The summed E-state index contributed by atoms with van der Waals surface area (Å²) in [5.41, 5.74) is 0. The van der Waals surface area contributed by atoms with Crippen molar-refractivity contribution < 1.29 is 22.7 Å². The molecule has 0 bridgehead atoms.